The molecule has 1 heteroatoms. The quantitative estimate of drug-likeness (QED) is 0.0962. The molecule has 0 spiro atoms. The van der Waals surface area contributed by atoms with Gasteiger partial charge in [0, 0.05) is 30.2 Å². The van der Waals surface area contributed by atoms with Crippen molar-refractivity contribution >= 4 is 0 Å². The van der Waals surface area contributed by atoms with Crippen molar-refractivity contribution in [2.75, 3.05) is 6.54 Å². The lowest BCUT2D eigenvalue weighted by Crippen LogP contribution is -2.68. The molecule has 0 heterocycles. The highest BCUT2D eigenvalue weighted by atomic mass is 15.4. The van der Waals surface area contributed by atoms with E-state index in [4.69, 9.17) is 0 Å². The predicted octanol–water partition coefficient (Wildman–Crippen LogP) is 13.4. The first kappa shape index (κ1) is 37.6. The molecule has 44 heavy (non-hydrogen) atoms. The molecule has 0 radical (unpaired) electrons. The van der Waals surface area contributed by atoms with E-state index in [-0.39, 0.29) is 0 Å². The topological polar surface area (TPSA) is 0 Å². The zero-order valence-electron chi connectivity index (χ0n) is 31.0. The average Bonchev–Trinajstić information content (AvgIpc) is 3.00. The molecule has 254 valence electrons. The molecule has 0 aliphatic heterocycles. The summed E-state index contributed by atoms with van der Waals surface area (Å²) in [6.45, 7) is 20.4. The van der Waals surface area contributed by atoms with Crippen LogP contribution in [-0.4, -0.2) is 23.1 Å². The van der Waals surface area contributed by atoms with Crippen LogP contribution < -0.4 is 0 Å². The van der Waals surface area contributed by atoms with E-state index in [2.05, 4.69) is 78.8 Å². The number of hydrogen-bond acceptors (Lipinski definition) is 0. The van der Waals surface area contributed by atoms with Gasteiger partial charge < -0.3 is 4.48 Å². The van der Waals surface area contributed by atoms with Gasteiger partial charge in [0.15, 0.2) is 0 Å². The third-order valence-corrected chi connectivity index (χ3v) is 12.5. The molecule has 0 aromatic heterocycles. The van der Waals surface area contributed by atoms with Crippen molar-refractivity contribution in [3.63, 3.8) is 0 Å². The Balaban J connectivity index is 1.71. The van der Waals surface area contributed by atoms with Crippen LogP contribution in [0, 0.1) is 35.5 Å². The molecular weight excluding hydrogens is 530 g/mol. The summed E-state index contributed by atoms with van der Waals surface area (Å²) in [6.07, 6.45) is 29.0. The molecule has 0 amide bonds. The van der Waals surface area contributed by atoms with E-state index < -0.39 is 0 Å². The lowest BCUT2D eigenvalue weighted by Gasteiger charge is -2.59. The maximum absolute atomic E-state index is 2.58. The second kappa shape index (κ2) is 20.4. The van der Waals surface area contributed by atoms with E-state index in [1.807, 2.05) is 0 Å². The molecular formula is C43H78N+. The lowest BCUT2D eigenvalue weighted by molar-refractivity contribution is -0.995. The second-order valence-corrected chi connectivity index (χ2v) is 16.9. The van der Waals surface area contributed by atoms with Crippen LogP contribution in [-0.2, 0) is 6.54 Å². The van der Waals surface area contributed by atoms with Crippen LogP contribution in [0.4, 0.5) is 0 Å². The van der Waals surface area contributed by atoms with Gasteiger partial charge in [0.2, 0.25) is 0 Å². The molecule has 3 rings (SSSR count). The fourth-order valence-electron chi connectivity index (χ4n) is 9.90. The predicted molar refractivity (Wildman–Crippen MR) is 196 cm³/mol. The van der Waals surface area contributed by atoms with Crippen molar-refractivity contribution in [1.29, 1.82) is 0 Å². The number of nitrogens with zero attached hydrogens (tertiary/aromatic N) is 1. The maximum Gasteiger partial charge on any atom is 0.105 e. The Morgan fingerprint density at radius 3 is 1.39 bits per heavy atom. The minimum absolute atomic E-state index is 0.788. The van der Waals surface area contributed by atoms with Gasteiger partial charge in [-0.2, -0.15) is 0 Å². The molecule has 0 N–H and O–H groups in total. The summed E-state index contributed by atoms with van der Waals surface area (Å²) >= 11 is 0. The standard InChI is InChI=1S/C43H78N/c1-8-9-10-11-12-13-14-15-16-17-18-19-20-24-31-44(34-39-25-22-21-23-26-39,42-32-37(6)27-29-40(42)35(2)3)43-33-38(7)28-30-41(43)36(4)5/h21-23,25-26,35-38,40-43H,8-20,24,27-34H2,1-7H3/q+1. The minimum Gasteiger partial charge on any atom is -0.315 e. The number of unbranched alkanes of at least 4 members (excludes halogenated alkanes) is 13. The van der Waals surface area contributed by atoms with E-state index in [9.17, 15) is 0 Å². The first-order valence-electron chi connectivity index (χ1n) is 20.2. The van der Waals surface area contributed by atoms with Crippen molar-refractivity contribution in [2.24, 2.45) is 35.5 Å². The van der Waals surface area contributed by atoms with E-state index in [0.29, 0.717) is 0 Å². The molecule has 6 unspecified atom stereocenters. The van der Waals surface area contributed by atoms with Crippen molar-refractivity contribution < 1.29 is 4.48 Å². The van der Waals surface area contributed by atoms with E-state index in [1.54, 1.807) is 5.56 Å². The highest BCUT2D eigenvalue weighted by Crippen LogP contribution is 2.48. The summed E-state index contributed by atoms with van der Waals surface area (Å²) in [5.41, 5.74) is 1.60. The Hall–Kier alpha value is -0.820. The molecule has 1 aromatic rings. The summed E-state index contributed by atoms with van der Waals surface area (Å²) < 4.78 is 1.41. The maximum atomic E-state index is 2.58. The first-order valence-corrected chi connectivity index (χ1v) is 20.2. The van der Waals surface area contributed by atoms with Crippen LogP contribution in [0.5, 0.6) is 0 Å². The van der Waals surface area contributed by atoms with Crippen LogP contribution >= 0.6 is 0 Å². The van der Waals surface area contributed by atoms with Gasteiger partial charge in [0.25, 0.3) is 0 Å². The van der Waals surface area contributed by atoms with Crippen LogP contribution in [0.25, 0.3) is 0 Å². The minimum atomic E-state index is 0.788. The fraction of sp³-hybridized carbons (Fsp3) is 0.860. The molecule has 2 aliphatic rings. The Bertz CT molecular complexity index is 810. The van der Waals surface area contributed by atoms with Crippen LogP contribution in [0.2, 0.25) is 0 Å². The molecule has 1 nitrogen and oxygen atoms in total. The highest BCUT2D eigenvalue weighted by molar-refractivity contribution is 5.14. The summed E-state index contributed by atoms with van der Waals surface area (Å²) in [7, 11) is 0. The van der Waals surface area contributed by atoms with Gasteiger partial charge in [0.1, 0.15) is 6.54 Å². The number of quaternary nitrogens is 1. The SMILES string of the molecule is CCCCCCCCCCCCCCCC[N+](Cc1ccccc1)(C1CC(C)CCC1C(C)C)C1CC(C)CCC1C(C)C. The molecule has 0 saturated heterocycles. The third kappa shape index (κ3) is 11.8. The summed E-state index contributed by atoms with van der Waals surface area (Å²) in [5, 5.41) is 0. The zero-order valence-corrected chi connectivity index (χ0v) is 31.0. The van der Waals surface area contributed by atoms with Crippen molar-refractivity contribution in [3.05, 3.63) is 35.9 Å². The Labute approximate surface area is 277 Å². The first-order chi connectivity index (χ1) is 21.3. The number of benzene rings is 1. The van der Waals surface area contributed by atoms with Gasteiger partial charge in [-0.3, -0.25) is 0 Å². The van der Waals surface area contributed by atoms with Gasteiger partial charge in [-0.05, 0) is 62.2 Å². The van der Waals surface area contributed by atoms with E-state index >= 15 is 0 Å². The van der Waals surface area contributed by atoms with E-state index in [1.165, 1.54) is 146 Å². The fourth-order valence-corrected chi connectivity index (χ4v) is 9.90. The third-order valence-electron chi connectivity index (χ3n) is 12.5. The molecule has 2 fully saturated rings. The van der Waals surface area contributed by atoms with Gasteiger partial charge in [-0.1, -0.05) is 156 Å². The zero-order chi connectivity index (χ0) is 31.8. The molecule has 2 aliphatic carbocycles. The summed E-state index contributed by atoms with van der Waals surface area (Å²) in [6, 6.07) is 13.4. The van der Waals surface area contributed by atoms with Crippen LogP contribution in [0.15, 0.2) is 30.3 Å². The van der Waals surface area contributed by atoms with Crippen molar-refractivity contribution in [3.8, 4) is 0 Å². The molecule has 2 saturated carbocycles. The monoisotopic (exact) mass is 609 g/mol. The van der Waals surface area contributed by atoms with Crippen molar-refractivity contribution in [2.45, 2.75) is 196 Å². The lowest BCUT2D eigenvalue weighted by atomic mass is 9.67. The van der Waals surface area contributed by atoms with Crippen molar-refractivity contribution in [1.82, 2.24) is 0 Å². The second-order valence-electron chi connectivity index (χ2n) is 16.9. The van der Waals surface area contributed by atoms with Gasteiger partial charge in [-0.15, -0.1) is 0 Å². The van der Waals surface area contributed by atoms with Gasteiger partial charge in [-0.25, -0.2) is 0 Å². The van der Waals surface area contributed by atoms with E-state index in [0.717, 1.165) is 47.6 Å². The number of hydrogen-bond donors (Lipinski definition) is 0. The Morgan fingerprint density at radius 2 is 0.977 bits per heavy atom. The highest BCUT2D eigenvalue weighted by Gasteiger charge is 2.53. The smallest absolute Gasteiger partial charge is 0.105 e. The Morgan fingerprint density at radius 1 is 0.568 bits per heavy atom. The summed E-state index contributed by atoms with van der Waals surface area (Å²) in [4.78, 5) is 0. The molecule has 0 bridgehead atoms. The largest absolute Gasteiger partial charge is 0.315 e. The molecule has 1 aromatic carbocycles. The average molecular weight is 609 g/mol. The molecule has 6 atom stereocenters. The van der Waals surface area contributed by atoms with Crippen LogP contribution in [0.1, 0.15) is 182 Å². The van der Waals surface area contributed by atoms with Crippen LogP contribution in [0.3, 0.4) is 0 Å². The Kier molecular flexibility index (Phi) is 17.5. The normalized spacial score (nSPS) is 27.6. The summed E-state index contributed by atoms with van der Waals surface area (Å²) in [5.74, 6) is 5.06. The van der Waals surface area contributed by atoms with Gasteiger partial charge in [0.05, 0.1) is 18.6 Å². The number of rotatable bonds is 21. The van der Waals surface area contributed by atoms with Gasteiger partial charge >= 0.3 is 0 Å².